The second-order valence-electron chi connectivity index (χ2n) is 6.64. The molecule has 146 valence electrons. The second kappa shape index (κ2) is 9.75. The summed E-state index contributed by atoms with van der Waals surface area (Å²) in [6.45, 7) is 1.72. The van der Waals surface area contributed by atoms with E-state index in [0.717, 1.165) is 12.8 Å². The number of carbonyl (C=O) groups excluding carboxylic acids is 3. The highest BCUT2D eigenvalue weighted by atomic mass is 16.5. The molecule has 0 radical (unpaired) electrons. The molecule has 3 N–H and O–H groups in total. The molecule has 0 aliphatic heterocycles. The summed E-state index contributed by atoms with van der Waals surface area (Å²) >= 11 is 0. The van der Waals surface area contributed by atoms with Crippen molar-refractivity contribution in [1.82, 2.24) is 10.6 Å². The highest BCUT2D eigenvalue weighted by Crippen LogP contribution is 2.30. The molecule has 1 aliphatic rings. The molecule has 0 bridgehead atoms. The van der Waals surface area contributed by atoms with Gasteiger partial charge in [-0.15, -0.1) is 0 Å². The van der Waals surface area contributed by atoms with Gasteiger partial charge in [-0.2, -0.15) is 0 Å². The van der Waals surface area contributed by atoms with Crippen molar-refractivity contribution < 1.29 is 19.1 Å². The number of hydrogen-bond donors (Lipinski definition) is 3. The lowest BCUT2D eigenvalue weighted by atomic mass is 9.81. The zero-order valence-corrected chi connectivity index (χ0v) is 16.0. The third-order valence-corrected chi connectivity index (χ3v) is 4.84. The van der Waals surface area contributed by atoms with Crippen LogP contribution >= 0.6 is 0 Å². The quantitative estimate of drug-likeness (QED) is 0.525. The fraction of sp³-hybridized carbons (Fsp3) is 0.450. The highest BCUT2D eigenvalue weighted by molar-refractivity contribution is 6.06. The van der Waals surface area contributed by atoms with Gasteiger partial charge in [-0.3, -0.25) is 14.4 Å². The first-order chi connectivity index (χ1) is 13.0. The van der Waals surface area contributed by atoms with Crippen molar-refractivity contribution in [2.45, 2.75) is 32.6 Å². The molecule has 0 saturated heterocycles. The molecule has 1 aliphatic carbocycles. The zero-order valence-electron chi connectivity index (χ0n) is 16.0. The molecule has 2 atom stereocenters. The number of carbonyl (C=O) groups is 3. The van der Waals surface area contributed by atoms with Crippen LogP contribution in [0.2, 0.25) is 0 Å². The van der Waals surface area contributed by atoms with Gasteiger partial charge < -0.3 is 20.7 Å². The number of methoxy groups -OCH3 is 1. The summed E-state index contributed by atoms with van der Waals surface area (Å²) in [5.41, 5.74) is 1.37. The molecular formula is C20H27N3O4. The van der Waals surface area contributed by atoms with Crippen LogP contribution in [-0.4, -0.2) is 31.9 Å². The normalized spacial score (nSPS) is 20.1. The van der Waals surface area contributed by atoms with Crippen molar-refractivity contribution in [3.8, 4) is 0 Å². The minimum Gasteiger partial charge on any atom is -0.469 e. The van der Waals surface area contributed by atoms with Crippen LogP contribution in [0.3, 0.4) is 0 Å². The standard InChI is InChI=1S/C20H27N3O4/c1-13(21-2)17(19(25)22-16-10-5-4-6-11-16)23-18(24)14-8-7-9-15(12-14)20(26)27-3/h4-6,10-11,14-15,21H,7-9,12H2,1-3H3,(H,22,25)(H,23,24)/b17-13+/t14-,15+/m1/s1. The smallest absolute Gasteiger partial charge is 0.308 e. The van der Waals surface area contributed by atoms with Crippen LogP contribution in [0, 0.1) is 11.8 Å². The van der Waals surface area contributed by atoms with Gasteiger partial charge in [0.1, 0.15) is 5.70 Å². The highest BCUT2D eigenvalue weighted by Gasteiger charge is 2.32. The fourth-order valence-corrected chi connectivity index (χ4v) is 3.19. The number of rotatable bonds is 6. The molecule has 0 unspecified atom stereocenters. The molecule has 1 aromatic rings. The summed E-state index contributed by atoms with van der Waals surface area (Å²) in [4.78, 5) is 37.2. The second-order valence-corrected chi connectivity index (χ2v) is 6.64. The Balaban J connectivity index is 2.08. The number of esters is 1. The molecule has 1 saturated carbocycles. The van der Waals surface area contributed by atoms with E-state index in [-0.39, 0.29) is 29.4 Å². The van der Waals surface area contributed by atoms with Crippen LogP contribution in [0.1, 0.15) is 32.6 Å². The van der Waals surface area contributed by atoms with Crippen molar-refractivity contribution in [3.05, 3.63) is 41.7 Å². The van der Waals surface area contributed by atoms with Gasteiger partial charge in [0.05, 0.1) is 13.0 Å². The van der Waals surface area contributed by atoms with E-state index in [4.69, 9.17) is 4.74 Å². The minimum absolute atomic E-state index is 0.173. The number of allylic oxidation sites excluding steroid dienone is 1. The van der Waals surface area contributed by atoms with Gasteiger partial charge in [0.25, 0.3) is 5.91 Å². The van der Waals surface area contributed by atoms with Crippen LogP contribution in [0.5, 0.6) is 0 Å². The maximum absolute atomic E-state index is 12.7. The third-order valence-electron chi connectivity index (χ3n) is 4.84. The van der Waals surface area contributed by atoms with E-state index in [0.29, 0.717) is 24.2 Å². The summed E-state index contributed by atoms with van der Waals surface area (Å²) in [7, 11) is 3.04. The number of amides is 2. The number of ether oxygens (including phenoxy) is 1. The summed E-state index contributed by atoms with van der Waals surface area (Å²) in [6, 6.07) is 9.03. The topological polar surface area (TPSA) is 96.5 Å². The first-order valence-electron chi connectivity index (χ1n) is 9.10. The molecule has 1 aromatic carbocycles. The Morgan fingerprint density at radius 1 is 1.07 bits per heavy atom. The summed E-state index contributed by atoms with van der Waals surface area (Å²) in [5.74, 6) is -1.53. The number of hydrogen-bond acceptors (Lipinski definition) is 5. The fourth-order valence-electron chi connectivity index (χ4n) is 3.19. The van der Waals surface area contributed by atoms with E-state index in [9.17, 15) is 14.4 Å². The van der Waals surface area contributed by atoms with Crippen molar-refractivity contribution >= 4 is 23.5 Å². The van der Waals surface area contributed by atoms with E-state index in [1.54, 1.807) is 26.1 Å². The molecule has 1 fully saturated rings. The van der Waals surface area contributed by atoms with E-state index in [2.05, 4.69) is 16.0 Å². The number of anilines is 1. The average molecular weight is 373 g/mol. The van der Waals surface area contributed by atoms with Gasteiger partial charge in [-0.25, -0.2) is 0 Å². The summed E-state index contributed by atoms with van der Waals surface area (Å²) < 4.78 is 4.81. The lowest BCUT2D eigenvalue weighted by Crippen LogP contribution is -2.39. The lowest BCUT2D eigenvalue weighted by Gasteiger charge is -2.27. The van der Waals surface area contributed by atoms with Gasteiger partial charge in [0.15, 0.2) is 0 Å². The van der Waals surface area contributed by atoms with Crippen molar-refractivity contribution in [3.63, 3.8) is 0 Å². The molecule has 0 aromatic heterocycles. The molecule has 0 spiro atoms. The molecule has 7 heteroatoms. The molecule has 2 rings (SSSR count). The monoisotopic (exact) mass is 373 g/mol. The van der Waals surface area contributed by atoms with Crippen molar-refractivity contribution in [2.75, 3.05) is 19.5 Å². The van der Waals surface area contributed by atoms with Crippen molar-refractivity contribution in [2.24, 2.45) is 11.8 Å². The van der Waals surface area contributed by atoms with E-state index in [1.807, 2.05) is 18.2 Å². The van der Waals surface area contributed by atoms with Crippen LogP contribution in [0.15, 0.2) is 41.7 Å². The van der Waals surface area contributed by atoms with Crippen LogP contribution in [-0.2, 0) is 19.1 Å². The van der Waals surface area contributed by atoms with Gasteiger partial charge in [-0.05, 0) is 38.3 Å². The predicted molar refractivity (Wildman–Crippen MR) is 102 cm³/mol. The maximum atomic E-state index is 12.7. The van der Waals surface area contributed by atoms with Gasteiger partial charge in [-0.1, -0.05) is 24.6 Å². The zero-order chi connectivity index (χ0) is 19.8. The van der Waals surface area contributed by atoms with Gasteiger partial charge >= 0.3 is 5.97 Å². The molecule has 7 nitrogen and oxygen atoms in total. The van der Waals surface area contributed by atoms with Crippen LogP contribution in [0.25, 0.3) is 0 Å². The van der Waals surface area contributed by atoms with Crippen LogP contribution < -0.4 is 16.0 Å². The van der Waals surface area contributed by atoms with E-state index >= 15 is 0 Å². The first kappa shape index (κ1) is 20.5. The minimum atomic E-state index is -0.401. The van der Waals surface area contributed by atoms with Gasteiger partial charge in [0, 0.05) is 24.4 Å². The third kappa shape index (κ3) is 5.57. The Bertz CT molecular complexity index is 715. The molecule has 2 amide bonds. The number of nitrogens with one attached hydrogen (secondary N) is 3. The Hall–Kier alpha value is -2.83. The number of para-hydroxylation sites is 1. The average Bonchev–Trinajstić information content (AvgIpc) is 2.71. The van der Waals surface area contributed by atoms with Crippen molar-refractivity contribution in [1.29, 1.82) is 0 Å². The Morgan fingerprint density at radius 2 is 1.74 bits per heavy atom. The van der Waals surface area contributed by atoms with Gasteiger partial charge in [0.2, 0.25) is 5.91 Å². The molecular weight excluding hydrogens is 346 g/mol. The summed E-state index contributed by atoms with van der Waals surface area (Å²) in [6.07, 6.45) is 2.62. The van der Waals surface area contributed by atoms with E-state index < -0.39 is 5.91 Å². The largest absolute Gasteiger partial charge is 0.469 e. The summed E-state index contributed by atoms with van der Waals surface area (Å²) in [5, 5.41) is 8.43. The number of benzene rings is 1. The lowest BCUT2D eigenvalue weighted by molar-refractivity contribution is -0.147. The Morgan fingerprint density at radius 3 is 2.37 bits per heavy atom. The molecule has 27 heavy (non-hydrogen) atoms. The van der Waals surface area contributed by atoms with Crippen LogP contribution in [0.4, 0.5) is 5.69 Å². The maximum Gasteiger partial charge on any atom is 0.308 e. The molecule has 0 heterocycles. The Kier molecular flexibility index (Phi) is 7.40. The predicted octanol–water partition coefficient (Wildman–Crippen LogP) is 2.17. The van der Waals surface area contributed by atoms with E-state index in [1.165, 1.54) is 7.11 Å². The first-order valence-corrected chi connectivity index (χ1v) is 9.10. The SMILES string of the molecule is CN/C(C)=C(/NC(=O)[C@@H]1CCC[C@H](C(=O)OC)C1)C(=O)Nc1ccccc1. The Labute approximate surface area is 159 Å².